The van der Waals surface area contributed by atoms with Gasteiger partial charge >= 0.3 is 0 Å². The fraction of sp³-hybridized carbons (Fsp3) is 0.688. The maximum atomic E-state index is 6.64. The van der Waals surface area contributed by atoms with Crippen LogP contribution in [-0.2, 0) is 0 Å². The van der Waals surface area contributed by atoms with E-state index in [-0.39, 0.29) is 11.6 Å². The van der Waals surface area contributed by atoms with Gasteiger partial charge in [0.1, 0.15) is 0 Å². The highest BCUT2D eigenvalue weighted by Gasteiger charge is 2.42. The Morgan fingerprint density at radius 2 is 2.16 bits per heavy atom. The highest BCUT2D eigenvalue weighted by Crippen LogP contribution is 2.42. The normalized spacial score (nSPS) is 29.5. The number of aryl methyl sites for hydroxylation is 1. The van der Waals surface area contributed by atoms with E-state index in [1.807, 2.05) is 13.1 Å². The molecule has 1 fully saturated rings. The number of rotatable bonds is 3. The topological polar surface area (TPSA) is 42.1 Å². The molecular formula is C16H27N3. The van der Waals surface area contributed by atoms with Gasteiger partial charge in [0.05, 0.1) is 0 Å². The molecule has 106 valence electrons. The number of pyridine rings is 1. The molecule has 1 aliphatic carbocycles. The summed E-state index contributed by atoms with van der Waals surface area (Å²) in [4.78, 5) is 6.75. The van der Waals surface area contributed by atoms with Crippen molar-refractivity contribution in [3.8, 4) is 0 Å². The lowest BCUT2D eigenvalue weighted by molar-refractivity contribution is 0.0498. The van der Waals surface area contributed by atoms with Gasteiger partial charge in [-0.1, -0.05) is 25.8 Å². The molecule has 0 bridgehead atoms. The fourth-order valence-electron chi connectivity index (χ4n) is 3.50. The highest BCUT2D eigenvalue weighted by atomic mass is 15.2. The second kappa shape index (κ2) is 5.59. The quantitative estimate of drug-likeness (QED) is 0.909. The van der Waals surface area contributed by atoms with E-state index in [0.717, 1.165) is 17.2 Å². The Bertz CT molecular complexity index is 413. The Morgan fingerprint density at radius 1 is 1.42 bits per heavy atom. The molecule has 1 heterocycles. The van der Waals surface area contributed by atoms with Crippen molar-refractivity contribution in [3.05, 3.63) is 29.6 Å². The van der Waals surface area contributed by atoms with Crippen LogP contribution in [0.3, 0.4) is 0 Å². The van der Waals surface area contributed by atoms with Crippen molar-refractivity contribution in [2.24, 2.45) is 11.7 Å². The zero-order valence-corrected chi connectivity index (χ0v) is 12.7. The molecule has 1 aromatic heterocycles. The van der Waals surface area contributed by atoms with Crippen LogP contribution in [0.2, 0.25) is 0 Å². The van der Waals surface area contributed by atoms with Gasteiger partial charge in [0.2, 0.25) is 0 Å². The van der Waals surface area contributed by atoms with Crippen LogP contribution in [0.25, 0.3) is 0 Å². The summed E-state index contributed by atoms with van der Waals surface area (Å²) in [6.07, 6.45) is 6.90. The molecule has 3 atom stereocenters. The lowest BCUT2D eigenvalue weighted by Crippen LogP contribution is -2.54. The summed E-state index contributed by atoms with van der Waals surface area (Å²) in [6.45, 7) is 4.36. The van der Waals surface area contributed by atoms with Crippen LogP contribution in [0.15, 0.2) is 18.3 Å². The van der Waals surface area contributed by atoms with Gasteiger partial charge in [-0.2, -0.15) is 0 Å². The van der Waals surface area contributed by atoms with E-state index in [1.54, 1.807) is 0 Å². The van der Waals surface area contributed by atoms with E-state index in [0.29, 0.717) is 0 Å². The van der Waals surface area contributed by atoms with Crippen molar-refractivity contribution in [2.45, 2.75) is 51.1 Å². The summed E-state index contributed by atoms with van der Waals surface area (Å²) in [5.74, 6) is 0.751. The number of hydrogen-bond acceptors (Lipinski definition) is 3. The summed E-state index contributed by atoms with van der Waals surface area (Å²) >= 11 is 0. The van der Waals surface area contributed by atoms with Crippen molar-refractivity contribution in [1.29, 1.82) is 0 Å². The maximum Gasteiger partial charge on any atom is 0.0497 e. The summed E-state index contributed by atoms with van der Waals surface area (Å²) < 4.78 is 0. The monoisotopic (exact) mass is 261 g/mol. The third-order valence-electron chi connectivity index (χ3n) is 4.77. The molecule has 0 amide bonds. The Hall–Kier alpha value is -0.930. The molecule has 0 saturated heterocycles. The van der Waals surface area contributed by atoms with Crippen LogP contribution in [0.4, 0.5) is 0 Å². The van der Waals surface area contributed by atoms with Crippen molar-refractivity contribution >= 4 is 0 Å². The molecule has 0 aliphatic heterocycles. The molecule has 0 aromatic carbocycles. The smallest absolute Gasteiger partial charge is 0.0497 e. The summed E-state index contributed by atoms with van der Waals surface area (Å²) in [5.41, 5.74) is 8.92. The lowest BCUT2D eigenvalue weighted by Gasteiger charge is -2.49. The lowest BCUT2D eigenvalue weighted by atomic mass is 9.70. The summed E-state index contributed by atoms with van der Waals surface area (Å²) in [7, 11) is 4.33. The number of nitrogens with two attached hydrogens (primary N) is 1. The minimum Gasteiger partial charge on any atom is -0.322 e. The molecule has 1 saturated carbocycles. The number of nitrogens with zero attached hydrogens (tertiary/aromatic N) is 2. The van der Waals surface area contributed by atoms with Gasteiger partial charge in [0, 0.05) is 23.5 Å². The molecule has 1 aromatic rings. The van der Waals surface area contributed by atoms with Crippen LogP contribution < -0.4 is 5.73 Å². The van der Waals surface area contributed by atoms with E-state index < -0.39 is 0 Å². The Kier molecular flexibility index (Phi) is 4.26. The first-order valence-corrected chi connectivity index (χ1v) is 7.31. The maximum absolute atomic E-state index is 6.64. The number of hydrogen-bond donors (Lipinski definition) is 1. The third-order valence-corrected chi connectivity index (χ3v) is 4.77. The Labute approximate surface area is 117 Å². The van der Waals surface area contributed by atoms with Crippen molar-refractivity contribution in [3.63, 3.8) is 0 Å². The Morgan fingerprint density at radius 3 is 2.68 bits per heavy atom. The molecule has 3 unspecified atom stereocenters. The summed E-state index contributed by atoms with van der Waals surface area (Å²) in [5, 5.41) is 0. The second-order valence-electron chi connectivity index (χ2n) is 6.41. The predicted octanol–water partition coefficient (Wildman–Crippen LogP) is 2.90. The van der Waals surface area contributed by atoms with Crippen LogP contribution in [-0.4, -0.2) is 29.5 Å². The average Bonchev–Trinajstić information content (AvgIpc) is 2.38. The molecular weight excluding hydrogens is 234 g/mol. The van der Waals surface area contributed by atoms with Crippen molar-refractivity contribution < 1.29 is 0 Å². The van der Waals surface area contributed by atoms with Gasteiger partial charge in [0.25, 0.3) is 0 Å². The van der Waals surface area contributed by atoms with E-state index >= 15 is 0 Å². The predicted molar refractivity (Wildman–Crippen MR) is 80.0 cm³/mol. The number of aromatic nitrogens is 1. The zero-order chi connectivity index (χ0) is 14.0. The first kappa shape index (κ1) is 14.5. The van der Waals surface area contributed by atoms with Crippen LogP contribution in [0.1, 0.15) is 49.9 Å². The largest absolute Gasteiger partial charge is 0.322 e. The highest BCUT2D eigenvalue weighted by molar-refractivity contribution is 5.22. The molecule has 0 spiro atoms. The first-order valence-electron chi connectivity index (χ1n) is 7.31. The van der Waals surface area contributed by atoms with Gasteiger partial charge in [-0.15, -0.1) is 0 Å². The minimum absolute atomic E-state index is 0.0401. The van der Waals surface area contributed by atoms with Gasteiger partial charge in [-0.3, -0.25) is 4.98 Å². The summed E-state index contributed by atoms with van der Waals surface area (Å²) in [6, 6.07) is 4.24. The number of likely N-dealkylation sites (N-methyl/N-ethyl adjacent to an activating group) is 1. The zero-order valence-electron chi connectivity index (χ0n) is 12.7. The van der Waals surface area contributed by atoms with Crippen molar-refractivity contribution in [1.82, 2.24) is 9.88 Å². The first-order chi connectivity index (χ1) is 8.95. The molecule has 1 aliphatic rings. The molecule has 19 heavy (non-hydrogen) atoms. The average molecular weight is 261 g/mol. The third kappa shape index (κ3) is 2.82. The molecule has 2 rings (SSSR count). The van der Waals surface area contributed by atoms with Crippen LogP contribution in [0, 0.1) is 12.8 Å². The van der Waals surface area contributed by atoms with Gasteiger partial charge < -0.3 is 10.6 Å². The molecule has 0 radical (unpaired) electrons. The molecule has 2 N–H and O–H groups in total. The van der Waals surface area contributed by atoms with Gasteiger partial charge in [0.15, 0.2) is 0 Å². The van der Waals surface area contributed by atoms with E-state index in [2.05, 4.69) is 43.0 Å². The Balaban J connectivity index is 2.30. The van der Waals surface area contributed by atoms with Crippen LogP contribution in [0.5, 0.6) is 0 Å². The van der Waals surface area contributed by atoms with E-state index in [9.17, 15) is 0 Å². The minimum atomic E-state index is 0.0401. The second-order valence-corrected chi connectivity index (χ2v) is 6.41. The van der Waals surface area contributed by atoms with E-state index in [1.165, 1.54) is 25.7 Å². The van der Waals surface area contributed by atoms with Crippen LogP contribution >= 0.6 is 0 Å². The van der Waals surface area contributed by atoms with Crippen molar-refractivity contribution in [2.75, 3.05) is 14.1 Å². The molecule has 3 nitrogen and oxygen atoms in total. The fourth-order valence-corrected chi connectivity index (χ4v) is 3.50. The van der Waals surface area contributed by atoms with Gasteiger partial charge in [-0.25, -0.2) is 0 Å². The van der Waals surface area contributed by atoms with Gasteiger partial charge in [-0.05, 0) is 51.4 Å². The SMILES string of the molecule is Cc1ccc(C(N)C2(N(C)C)CCCC(C)C2)cn1. The molecule has 3 heteroatoms. The van der Waals surface area contributed by atoms with E-state index in [4.69, 9.17) is 5.73 Å². The standard InChI is InChI=1S/C16H27N3/c1-12-6-5-9-16(10-12,19(3)4)15(17)14-8-7-13(2)18-11-14/h7-8,11-12,15H,5-6,9-10,17H2,1-4H3.